The van der Waals surface area contributed by atoms with E-state index in [1.54, 1.807) is 24.0 Å². The summed E-state index contributed by atoms with van der Waals surface area (Å²) in [4.78, 5) is 28.7. The molecule has 8 nitrogen and oxygen atoms in total. The Kier molecular flexibility index (Phi) is 11.7. The van der Waals surface area contributed by atoms with Gasteiger partial charge in [-0.1, -0.05) is 38.5 Å². The van der Waals surface area contributed by atoms with Gasteiger partial charge >= 0.3 is 0 Å². The van der Waals surface area contributed by atoms with Crippen molar-refractivity contribution in [2.24, 2.45) is 17.1 Å². The van der Waals surface area contributed by atoms with Gasteiger partial charge in [0.1, 0.15) is 21.6 Å². The molecule has 0 fully saturated rings. The Bertz CT molecular complexity index is 1250. The molecule has 0 aliphatic heterocycles. The lowest BCUT2D eigenvalue weighted by atomic mass is 9.63. The van der Waals surface area contributed by atoms with E-state index in [0.717, 1.165) is 35.3 Å². The molecule has 3 atom stereocenters. The number of aromatic nitrogens is 2. The van der Waals surface area contributed by atoms with Crippen molar-refractivity contribution in [1.82, 2.24) is 20.4 Å². The second-order valence-corrected chi connectivity index (χ2v) is 11.8. The number of hydrogen-bond donors (Lipinski definition) is 3. The molecule has 4 N–H and O–H groups in total. The van der Waals surface area contributed by atoms with Crippen molar-refractivity contribution in [3.63, 3.8) is 0 Å². The predicted octanol–water partition coefficient (Wildman–Crippen LogP) is 4.08. The number of primary amides is 1. The summed E-state index contributed by atoms with van der Waals surface area (Å²) in [5, 5.41) is 24.6. The molecule has 0 bridgehead atoms. The number of carbonyl (C=O) groups is 2. The number of aliphatic hydroxyl groups is 1. The van der Waals surface area contributed by atoms with Gasteiger partial charge in [0.05, 0.1) is 11.5 Å². The van der Waals surface area contributed by atoms with Crippen molar-refractivity contribution in [2.45, 2.75) is 72.4 Å². The fourth-order valence-corrected chi connectivity index (χ4v) is 6.28. The Morgan fingerprint density at radius 3 is 2.32 bits per heavy atom. The van der Waals surface area contributed by atoms with E-state index >= 15 is 0 Å². The third kappa shape index (κ3) is 8.27. The van der Waals surface area contributed by atoms with Gasteiger partial charge in [-0.3, -0.25) is 9.59 Å². The first kappa shape index (κ1) is 32.5. The van der Waals surface area contributed by atoms with Crippen molar-refractivity contribution >= 4 is 23.2 Å². The molecule has 1 aromatic heterocycles. The number of amides is 2. The molecule has 224 valence electrons. The zero-order valence-electron chi connectivity index (χ0n) is 24.3. The lowest BCUT2D eigenvalue weighted by molar-refractivity contribution is -0.132. The first-order valence-electron chi connectivity index (χ1n) is 14.2. The van der Waals surface area contributed by atoms with Gasteiger partial charge in [0.15, 0.2) is 0 Å². The van der Waals surface area contributed by atoms with Crippen LogP contribution in [0.3, 0.4) is 0 Å². The summed E-state index contributed by atoms with van der Waals surface area (Å²) in [6, 6.07) is 3.14. The molecule has 0 radical (unpaired) electrons. The average Bonchev–Trinajstić information content (AvgIpc) is 3.38. The van der Waals surface area contributed by atoms with Gasteiger partial charge in [0.25, 0.3) is 0 Å². The van der Waals surface area contributed by atoms with E-state index in [1.165, 1.54) is 23.5 Å². The standard InChI is InChI=1S/C30H41F2N5O3S/c1-5-8-37(9-6-2)28(39)21-10-19(4)15-30(16-21,29(33)40)24(13-20-11-22(31)14-23(32)12-20)25(38)17-34-18-27-36-35-26(7-3)41-27/h10-12,14-15,24-25,34,38H,5-9,13,16-18H2,1-4H3,(H2,33,40)/t24-,25+,30?/m1/s1. The highest BCUT2D eigenvalue weighted by Crippen LogP contribution is 2.44. The summed E-state index contributed by atoms with van der Waals surface area (Å²) < 4.78 is 28.3. The minimum Gasteiger partial charge on any atom is -0.391 e. The van der Waals surface area contributed by atoms with E-state index in [1.807, 2.05) is 20.8 Å². The quantitative estimate of drug-likeness (QED) is 0.288. The molecular weight excluding hydrogens is 548 g/mol. The van der Waals surface area contributed by atoms with Crippen LogP contribution >= 0.6 is 11.3 Å². The first-order chi connectivity index (χ1) is 19.5. The summed E-state index contributed by atoms with van der Waals surface area (Å²) >= 11 is 1.46. The van der Waals surface area contributed by atoms with Crippen LogP contribution in [-0.4, -0.2) is 57.8 Å². The van der Waals surface area contributed by atoms with E-state index in [2.05, 4.69) is 15.5 Å². The molecule has 3 rings (SSSR count). The van der Waals surface area contributed by atoms with Gasteiger partial charge in [0, 0.05) is 43.7 Å². The number of nitrogens with two attached hydrogens (primary N) is 1. The fraction of sp³-hybridized carbons (Fsp3) is 0.533. The highest BCUT2D eigenvalue weighted by Gasteiger charge is 2.48. The van der Waals surface area contributed by atoms with Crippen LogP contribution in [0, 0.1) is 23.0 Å². The van der Waals surface area contributed by atoms with E-state index in [0.29, 0.717) is 30.8 Å². The lowest BCUT2D eigenvalue weighted by Gasteiger charge is -2.42. The number of aliphatic hydroxyl groups excluding tert-OH is 1. The molecular formula is C30H41F2N5O3S. The van der Waals surface area contributed by atoms with E-state index in [4.69, 9.17) is 5.73 Å². The highest BCUT2D eigenvalue weighted by molar-refractivity contribution is 7.11. The number of aryl methyl sites for hydroxylation is 1. The van der Waals surface area contributed by atoms with Gasteiger partial charge in [-0.15, -0.1) is 21.5 Å². The Morgan fingerprint density at radius 1 is 1.12 bits per heavy atom. The number of allylic oxidation sites excluding steroid dienone is 2. The Hall–Kier alpha value is -3.02. The minimum absolute atomic E-state index is 0.0295. The first-order valence-corrected chi connectivity index (χ1v) is 15.0. The summed E-state index contributed by atoms with van der Waals surface area (Å²) in [6.45, 7) is 9.29. The fourth-order valence-electron chi connectivity index (χ4n) is 5.53. The third-order valence-corrected chi connectivity index (χ3v) is 8.39. The van der Waals surface area contributed by atoms with Crippen molar-refractivity contribution < 1.29 is 23.5 Å². The highest BCUT2D eigenvalue weighted by atomic mass is 32.1. The maximum Gasteiger partial charge on any atom is 0.249 e. The molecule has 1 heterocycles. The van der Waals surface area contributed by atoms with Crippen LogP contribution in [0.2, 0.25) is 0 Å². The van der Waals surface area contributed by atoms with Gasteiger partial charge < -0.3 is 21.1 Å². The van der Waals surface area contributed by atoms with Crippen LogP contribution in [-0.2, 0) is 29.0 Å². The van der Waals surface area contributed by atoms with E-state index in [9.17, 15) is 23.5 Å². The van der Waals surface area contributed by atoms with Gasteiger partial charge in [-0.25, -0.2) is 8.78 Å². The lowest BCUT2D eigenvalue weighted by Crippen LogP contribution is -2.51. The number of nitrogens with zero attached hydrogens (tertiary/aromatic N) is 3. The number of nitrogens with one attached hydrogen (secondary N) is 1. The molecule has 41 heavy (non-hydrogen) atoms. The SMILES string of the molecule is CCCN(CCC)C(=O)C1=CC(C)=CC(C(N)=O)([C@H](Cc2cc(F)cc(F)c2)[C@@H](O)CNCc2nnc(CC)s2)C1. The number of halogens is 2. The zero-order chi connectivity index (χ0) is 30.2. The Balaban J connectivity index is 1.97. The topological polar surface area (TPSA) is 121 Å². The molecule has 0 saturated heterocycles. The predicted molar refractivity (Wildman–Crippen MR) is 156 cm³/mol. The summed E-state index contributed by atoms with van der Waals surface area (Å²) in [5.74, 6) is -3.32. The second-order valence-electron chi connectivity index (χ2n) is 10.7. The number of carbonyl (C=O) groups excluding carboxylic acids is 2. The summed E-state index contributed by atoms with van der Waals surface area (Å²) in [6.07, 6.45) is 4.54. The third-order valence-electron chi connectivity index (χ3n) is 7.32. The normalized spacial score (nSPS) is 18.4. The summed E-state index contributed by atoms with van der Waals surface area (Å²) in [7, 11) is 0. The van der Waals surface area contributed by atoms with Crippen LogP contribution in [0.15, 0.2) is 41.5 Å². The van der Waals surface area contributed by atoms with Crippen LogP contribution in [0.25, 0.3) is 0 Å². The number of hydrogen-bond acceptors (Lipinski definition) is 7. The molecule has 11 heteroatoms. The molecule has 0 spiro atoms. The summed E-state index contributed by atoms with van der Waals surface area (Å²) in [5.41, 5.74) is 5.95. The Morgan fingerprint density at radius 2 is 1.76 bits per heavy atom. The van der Waals surface area contributed by atoms with Crippen LogP contribution in [0.4, 0.5) is 8.78 Å². The molecule has 2 amide bonds. The molecule has 1 unspecified atom stereocenters. The number of rotatable bonds is 15. The maximum absolute atomic E-state index is 14.2. The zero-order valence-corrected chi connectivity index (χ0v) is 25.1. The minimum atomic E-state index is -1.48. The van der Waals surface area contributed by atoms with Crippen molar-refractivity contribution in [3.05, 3.63) is 68.7 Å². The molecule has 0 saturated carbocycles. The van der Waals surface area contributed by atoms with Crippen molar-refractivity contribution in [2.75, 3.05) is 19.6 Å². The number of benzene rings is 1. The van der Waals surface area contributed by atoms with Crippen LogP contribution in [0.1, 0.15) is 62.5 Å². The van der Waals surface area contributed by atoms with E-state index in [-0.39, 0.29) is 30.9 Å². The molecule has 1 aromatic carbocycles. The van der Waals surface area contributed by atoms with Gasteiger partial charge in [0.2, 0.25) is 11.8 Å². The molecule has 1 aliphatic rings. The Labute approximate surface area is 244 Å². The average molecular weight is 590 g/mol. The largest absolute Gasteiger partial charge is 0.391 e. The molecule has 2 aromatic rings. The van der Waals surface area contributed by atoms with Gasteiger partial charge in [-0.2, -0.15) is 0 Å². The van der Waals surface area contributed by atoms with Crippen molar-refractivity contribution in [1.29, 1.82) is 0 Å². The van der Waals surface area contributed by atoms with Crippen LogP contribution in [0.5, 0.6) is 0 Å². The van der Waals surface area contributed by atoms with E-state index < -0.39 is 35.0 Å². The molecule has 1 aliphatic carbocycles. The smallest absolute Gasteiger partial charge is 0.249 e. The monoisotopic (exact) mass is 589 g/mol. The van der Waals surface area contributed by atoms with Gasteiger partial charge in [-0.05, 0) is 56.7 Å². The van der Waals surface area contributed by atoms with Crippen LogP contribution < -0.4 is 11.1 Å². The second kappa shape index (κ2) is 14.7. The maximum atomic E-state index is 14.2. The van der Waals surface area contributed by atoms with Crippen molar-refractivity contribution in [3.8, 4) is 0 Å².